The van der Waals surface area contributed by atoms with Gasteiger partial charge in [0.15, 0.2) is 0 Å². The molecule has 2 rings (SSSR count). The second kappa shape index (κ2) is 5.14. The summed E-state index contributed by atoms with van der Waals surface area (Å²) in [6.07, 6.45) is 1.44. The van der Waals surface area contributed by atoms with Crippen LogP contribution in [0.5, 0.6) is 5.75 Å². The maximum atomic E-state index is 12.1. The molecule has 0 bridgehead atoms. The number of nitrogens with two attached hydrogens (primary N) is 1. The minimum absolute atomic E-state index is 0.0972. The van der Waals surface area contributed by atoms with E-state index in [9.17, 15) is 4.79 Å². The molecule has 1 aromatic heterocycles. The largest absolute Gasteiger partial charge is 0.423 e. The van der Waals surface area contributed by atoms with E-state index in [1.807, 2.05) is 39.0 Å². The van der Waals surface area contributed by atoms with Crippen LogP contribution in [0.4, 0.5) is 5.82 Å². The monoisotopic (exact) mass is 259 g/mol. The molecule has 0 saturated carbocycles. The van der Waals surface area contributed by atoms with E-state index in [0.29, 0.717) is 11.6 Å². The van der Waals surface area contributed by atoms with Gasteiger partial charge in [-0.15, -0.1) is 0 Å². The Bertz CT molecular complexity index is 602. The van der Waals surface area contributed by atoms with E-state index in [1.54, 1.807) is 10.7 Å². The highest BCUT2D eigenvalue weighted by Crippen LogP contribution is 2.21. The lowest BCUT2D eigenvalue weighted by molar-refractivity contribution is 0.0734. The summed E-state index contributed by atoms with van der Waals surface area (Å²) in [7, 11) is 0. The Morgan fingerprint density at radius 3 is 2.63 bits per heavy atom. The van der Waals surface area contributed by atoms with Crippen molar-refractivity contribution >= 4 is 11.8 Å². The predicted molar refractivity (Wildman–Crippen MR) is 73.2 cm³/mol. The Morgan fingerprint density at radius 1 is 1.37 bits per heavy atom. The summed E-state index contributed by atoms with van der Waals surface area (Å²) >= 11 is 0. The van der Waals surface area contributed by atoms with Crippen molar-refractivity contribution in [3.05, 3.63) is 41.6 Å². The molecule has 2 N–H and O–H groups in total. The molecule has 2 aromatic rings. The third-order valence-corrected chi connectivity index (χ3v) is 2.84. The Labute approximate surface area is 112 Å². The van der Waals surface area contributed by atoms with E-state index in [4.69, 9.17) is 10.5 Å². The number of rotatable bonds is 3. The number of nitrogen functional groups attached to an aromatic ring is 1. The summed E-state index contributed by atoms with van der Waals surface area (Å²) in [5.41, 5.74) is 7.08. The quantitative estimate of drug-likeness (QED) is 0.679. The lowest BCUT2D eigenvalue weighted by Crippen LogP contribution is -2.13. The lowest BCUT2D eigenvalue weighted by atomic mass is 10.2. The lowest BCUT2D eigenvalue weighted by Gasteiger charge is -2.09. The number of carbonyl (C=O) groups is 1. The fraction of sp³-hybridized carbons (Fsp3) is 0.286. The van der Waals surface area contributed by atoms with E-state index in [-0.39, 0.29) is 11.6 Å². The molecule has 0 unspecified atom stereocenters. The zero-order chi connectivity index (χ0) is 14.0. The highest BCUT2D eigenvalue weighted by Gasteiger charge is 2.18. The van der Waals surface area contributed by atoms with Gasteiger partial charge in [0.2, 0.25) is 0 Å². The molecule has 19 heavy (non-hydrogen) atoms. The number of carbonyl (C=O) groups excluding carboxylic acids is 1. The van der Waals surface area contributed by atoms with Gasteiger partial charge in [0.25, 0.3) is 0 Å². The van der Waals surface area contributed by atoms with Gasteiger partial charge >= 0.3 is 5.97 Å². The van der Waals surface area contributed by atoms with Gasteiger partial charge in [0, 0.05) is 6.04 Å². The molecule has 5 heteroatoms. The maximum absolute atomic E-state index is 12.1. The topological polar surface area (TPSA) is 70.1 Å². The average Bonchev–Trinajstić information content (AvgIpc) is 2.74. The van der Waals surface area contributed by atoms with Crippen LogP contribution in [0, 0.1) is 6.92 Å². The minimum atomic E-state index is -0.487. The molecule has 1 heterocycles. The number of ether oxygens (including phenoxy) is 1. The van der Waals surface area contributed by atoms with Gasteiger partial charge in [0.05, 0.1) is 6.20 Å². The van der Waals surface area contributed by atoms with Crippen molar-refractivity contribution in [2.45, 2.75) is 26.8 Å². The number of hydrogen-bond acceptors (Lipinski definition) is 4. The van der Waals surface area contributed by atoms with E-state index in [2.05, 4.69) is 5.10 Å². The zero-order valence-electron chi connectivity index (χ0n) is 11.3. The second-order valence-electron chi connectivity index (χ2n) is 4.64. The Morgan fingerprint density at radius 2 is 2.05 bits per heavy atom. The highest BCUT2D eigenvalue weighted by atomic mass is 16.5. The van der Waals surface area contributed by atoms with Crippen LogP contribution in [0.2, 0.25) is 0 Å². The molecule has 100 valence electrons. The fourth-order valence-electron chi connectivity index (χ4n) is 1.77. The van der Waals surface area contributed by atoms with Crippen LogP contribution in [0.15, 0.2) is 30.5 Å². The van der Waals surface area contributed by atoms with E-state index >= 15 is 0 Å². The molecular weight excluding hydrogens is 242 g/mol. The van der Waals surface area contributed by atoms with Gasteiger partial charge in [0.1, 0.15) is 17.1 Å². The molecular formula is C14H17N3O2. The van der Waals surface area contributed by atoms with Crippen molar-refractivity contribution in [1.29, 1.82) is 0 Å². The first-order valence-corrected chi connectivity index (χ1v) is 6.11. The third kappa shape index (κ3) is 2.59. The van der Waals surface area contributed by atoms with Crippen LogP contribution < -0.4 is 10.5 Å². The molecule has 0 aliphatic rings. The third-order valence-electron chi connectivity index (χ3n) is 2.84. The van der Waals surface area contributed by atoms with Crippen LogP contribution in [-0.4, -0.2) is 15.7 Å². The molecule has 0 radical (unpaired) electrons. The summed E-state index contributed by atoms with van der Waals surface area (Å²) < 4.78 is 6.92. The van der Waals surface area contributed by atoms with Crippen LogP contribution in [0.25, 0.3) is 0 Å². The summed E-state index contributed by atoms with van der Waals surface area (Å²) in [5.74, 6) is 0.372. The molecule has 0 spiro atoms. The zero-order valence-corrected chi connectivity index (χ0v) is 11.3. The SMILES string of the molecule is Cc1ccccc1OC(=O)c1cnn(C(C)C)c1N. The van der Waals surface area contributed by atoms with Crippen molar-refractivity contribution in [3.63, 3.8) is 0 Å². The van der Waals surface area contributed by atoms with Crippen molar-refractivity contribution in [2.75, 3.05) is 5.73 Å². The Balaban J connectivity index is 2.24. The van der Waals surface area contributed by atoms with Crippen molar-refractivity contribution < 1.29 is 9.53 Å². The number of aryl methyl sites for hydroxylation is 1. The van der Waals surface area contributed by atoms with E-state index in [1.165, 1.54) is 6.20 Å². The number of aromatic nitrogens is 2. The number of esters is 1. The van der Waals surface area contributed by atoms with Crippen LogP contribution in [-0.2, 0) is 0 Å². The molecule has 0 fully saturated rings. The molecule has 0 amide bonds. The molecule has 0 aliphatic carbocycles. The normalized spacial score (nSPS) is 10.7. The molecule has 0 atom stereocenters. The van der Waals surface area contributed by atoms with Crippen molar-refractivity contribution in [3.8, 4) is 5.75 Å². The predicted octanol–water partition coefficient (Wildman–Crippen LogP) is 2.57. The van der Waals surface area contributed by atoms with Crippen LogP contribution >= 0.6 is 0 Å². The number of anilines is 1. The molecule has 0 saturated heterocycles. The smallest absolute Gasteiger partial charge is 0.348 e. The minimum Gasteiger partial charge on any atom is -0.423 e. The van der Waals surface area contributed by atoms with Gasteiger partial charge in [-0.3, -0.25) is 0 Å². The molecule has 1 aromatic carbocycles. The second-order valence-corrected chi connectivity index (χ2v) is 4.64. The summed E-state index contributed by atoms with van der Waals surface area (Å²) in [5, 5.41) is 4.09. The van der Waals surface area contributed by atoms with Gasteiger partial charge < -0.3 is 10.5 Å². The van der Waals surface area contributed by atoms with E-state index < -0.39 is 5.97 Å². The van der Waals surface area contributed by atoms with Gasteiger partial charge in [-0.05, 0) is 32.4 Å². The van der Waals surface area contributed by atoms with Gasteiger partial charge in [-0.2, -0.15) is 5.10 Å². The first-order chi connectivity index (χ1) is 9.00. The molecule has 0 aliphatic heterocycles. The summed E-state index contributed by atoms with van der Waals surface area (Å²) in [4.78, 5) is 12.1. The van der Waals surface area contributed by atoms with Crippen LogP contribution in [0.3, 0.4) is 0 Å². The number of nitrogens with zero attached hydrogens (tertiary/aromatic N) is 2. The van der Waals surface area contributed by atoms with E-state index in [0.717, 1.165) is 5.56 Å². The number of benzene rings is 1. The Kier molecular flexibility index (Phi) is 3.55. The fourth-order valence-corrected chi connectivity index (χ4v) is 1.77. The standard InChI is InChI=1S/C14H17N3O2/c1-9(2)17-13(15)11(8-16-17)14(18)19-12-7-5-4-6-10(12)3/h4-9H,15H2,1-3H3. The summed E-state index contributed by atoms with van der Waals surface area (Å²) in [6.45, 7) is 5.77. The van der Waals surface area contributed by atoms with Crippen LogP contribution in [0.1, 0.15) is 35.8 Å². The van der Waals surface area contributed by atoms with Gasteiger partial charge in [-0.25, -0.2) is 9.48 Å². The number of para-hydroxylation sites is 1. The average molecular weight is 259 g/mol. The van der Waals surface area contributed by atoms with Gasteiger partial charge in [-0.1, -0.05) is 18.2 Å². The first kappa shape index (κ1) is 13.1. The van der Waals surface area contributed by atoms with Crippen molar-refractivity contribution in [2.24, 2.45) is 0 Å². The first-order valence-electron chi connectivity index (χ1n) is 6.11. The Hall–Kier alpha value is -2.30. The molecule has 5 nitrogen and oxygen atoms in total. The summed E-state index contributed by atoms with van der Waals surface area (Å²) in [6, 6.07) is 7.42. The van der Waals surface area contributed by atoms with Crippen molar-refractivity contribution in [1.82, 2.24) is 9.78 Å². The number of hydrogen-bond donors (Lipinski definition) is 1. The highest BCUT2D eigenvalue weighted by molar-refractivity contribution is 5.95. The maximum Gasteiger partial charge on any atom is 0.348 e.